The molecule has 0 atom stereocenters. The molecule has 0 saturated carbocycles. The number of hydrogen-bond acceptors (Lipinski definition) is 0. The van der Waals surface area contributed by atoms with E-state index in [4.69, 9.17) is 0 Å². The molecular formula is AsBPPd. The van der Waals surface area contributed by atoms with Crippen molar-refractivity contribution >= 4 is 36.3 Å². The van der Waals surface area contributed by atoms with Crippen LogP contribution in [0.15, 0.2) is 0 Å². The van der Waals surface area contributed by atoms with Gasteiger partial charge in [0.25, 0.3) is 0 Å². The minimum atomic E-state index is 0. The van der Waals surface area contributed by atoms with Crippen LogP contribution < -0.4 is 0 Å². The van der Waals surface area contributed by atoms with E-state index >= 15 is 0 Å². The Balaban J connectivity index is 0. The van der Waals surface area contributed by atoms with Crippen LogP contribution in [0.1, 0.15) is 0 Å². The summed E-state index contributed by atoms with van der Waals surface area (Å²) in [5.41, 5.74) is 0. The summed E-state index contributed by atoms with van der Waals surface area (Å²) in [5.74, 6) is 0. The molecule has 0 aliphatic carbocycles. The maximum absolute atomic E-state index is 0. The van der Waals surface area contributed by atoms with Gasteiger partial charge in [-0.3, -0.25) is 0 Å². The SMILES string of the molecule is [As].[B].[P].[Pd]. The first-order valence-corrected chi connectivity index (χ1v) is 0. The smallest absolute Gasteiger partial charge is 0 e. The van der Waals surface area contributed by atoms with Crippen LogP contribution >= 0.6 is 9.90 Å². The summed E-state index contributed by atoms with van der Waals surface area (Å²) >= 11 is 0. The summed E-state index contributed by atoms with van der Waals surface area (Å²) in [4.78, 5) is 0. The standard InChI is InChI=1S/As.B.P.Pd. The minimum absolute atomic E-state index is 0. The Hall–Kier alpha value is 1.72. The molecular weight excluding hydrogens is 223 g/mol. The van der Waals surface area contributed by atoms with Crippen LogP contribution in [0.25, 0.3) is 0 Å². The van der Waals surface area contributed by atoms with Gasteiger partial charge in [-0.1, -0.05) is 0 Å². The molecule has 23 valence electrons. The van der Waals surface area contributed by atoms with Crippen LogP contribution in [-0.2, 0) is 20.4 Å². The van der Waals surface area contributed by atoms with E-state index in [-0.39, 0.29) is 56.7 Å². The molecule has 4 heteroatoms. The van der Waals surface area contributed by atoms with Gasteiger partial charge in [-0.2, -0.15) is 0 Å². The fourth-order valence-corrected chi connectivity index (χ4v) is 0. The summed E-state index contributed by atoms with van der Waals surface area (Å²) in [6.07, 6.45) is 0. The predicted octanol–water partition coefficient (Wildman–Crippen LogP) is 0.0971. The quantitative estimate of drug-likeness (QED) is 0.403. The second-order valence-corrected chi connectivity index (χ2v) is 0. The maximum Gasteiger partial charge on any atom is 0 e. The summed E-state index contributed by atoms with van der Waals surface area (Å²) in [5, 5.41) is 0. The van der Waals surface area contributed by atoms with Crippen molar-refractivity contribution in [3.63, 3.8) is 0 Å². The van der Waals surface area contributed by atoms with Crippen LogP contribution in [0.4, 0.5) is 0 Å². The zero-order valence-electron chi connectivity index (χ0n) is 1.79. The van der Waals surface area contributed by atoms with Gasteiger partial charge in [0.1, 0.15) is 0 Å². The molecule has 0 aromatic rings. The molecule has 0 fully saturated rings. The third-order valence-corrected chi connectivity index (χ3v) is 0. The molecule has 0 N–H and O–H groups in total. The largest absolute Gasteiger partial charge is 0 e. The predicted molar refractivity (Wildman–Crippen MR) is 18.4 cm³/mol. The average molecular weight is 223 g/mol. The van der Waals surface area contributed by atoms with Gasteiger partial charge in [0.05, 0.1) is 0 Å². The number of hydrogen-bond donors (Lipinski definition) is 0. The van der Waals surface area contributed by atoms with Gasteiger partial charge in [-0.25, -0.2) is 0 Å². The molecule has 0 nitrogen and oxygen atoms in total. The van der Waals surface area contributed by atoms with Crippen molar-refractivity contribution in [3.8, 4) is 0 Å². The second-order valence-electron chi connectivity index (χ2n) is 0. The number of rotatable bonds is 0. The van der Waals surface area contributed by atoms with Crippen molar-refractivity contribution in [1.29, 1.82) is 0 Å². The molecule has 0 rings (SSSR count). The van der Waals surface area contributed by atoms with Gasteiger partial charge in [0.15, 0.2) is 0 Å². The Labute approximate surface area is 56.7 Å². The van der Waals surface area contributed by atoms with Crippen LogP contribution in [0.3, 0.4) is 0 Å². The Bertz CT molecular complexity index is 8.00. The van der Waals surface area contributed by atoms with Crippen molar-refractivity contribution in [2.75, 3.05) is 0 Å². The molecule has 0 aliphatic rings. The molecule has 0 aliphatic heterocycles. The van der Waals surface area contributed by atoms with Gasteiger partial charge < -0.3 is 0 Å². The van der Waals surface area contributed by atoms with Crippen LogP contribution in [-0.4, -0.2) is 26.4 Å². The third kappa shape index (κ3) is 9.31. The Kier molecular flexibility index (Phi) is 239. The van der Waals surface area contributed by atoms with E-state index in [9.17, 15) is 0 Å². The van der Waals surface area contributed by atoms with Crippen molar-refractivity contribution in [3.05, 3.63) is 0 Å². The van der Waals surface area contributed by atoms with Crippen molar-refractivity contribution in [2.45, 2.75) is 0 Å². The van der Waals surface area contributed by atoms with E-state index in [1.54, 1.807) is 0 Å². The fourth-order valence-electron chi connectivity index (χ4n) is 0. The molecule has 0 aromatic heterocycles. The zero-order valence-corrected chi connectivity index (χ0v) is 6.11. The normalized spacial score (nSPS) is 0. The summed E-state index contributed by atoms with van der Waals surface area (Å²) in [6, 6.07) is 0. The van der Waals surface area contributed by atoms with Gasteiger partial charge >= 0.3 is 0 Å². The summed E-state index contributed by atoms with van der Waals surface area (Å²) < 4.78 is 0. The zero-order chi connectivity index (χ0) is 0. The Morgan fingerprint density at radius 2 is 1.00 bits per heavy atom. The van der Waals surface area contributed by atoms with Gasteiger partial charge in [0, 0.05) is 56.7 Å². The molecule has 0 saturated heterocycles. The van der Waals surface area contributed by atoms with Crippen LogP contribution in [0.2, 0.25) is 0 Å². The summed E-state index contributed by atoms with van der Waals surface area (Å²) in [7, 11) is 0. The van der Waals surface area contributed by atoms with Gasteiger partial charge in [0.2, 0.25) is 0 Å². The van der Waals surface area contributed by atoms with Crippen LogP contribution in [0.5, 0.6) is 0 Å². The van der Waals surface area contributed by atoms with E-state index in [2.05, 4.69) is 0 Å². The first-order valence-electron chi connectivity index (χ1n) is 0. The molecule has 0 aromatic carbocycles. The molecule has 0 bridgehead atoms. The fraction of sp³-hybridized carbons (Fsp3) is 0. The average Bonchev–Trinajstić information content (AvgIpc) is 0. The molecule has 9 radical (unpaired) electrons. The van der Waals surface area contributed by atoms with Crippen LogP contribution in [0, 0.1) is 0 Å². The first-order chi connectivity index (χ1) is 0. The van der Waals surface area contributed by atoms with E-state index < -0.39 is 0 Å². The topological polar surface area (TPSA) is 0 Å². The van der Waals surface area contributed by atoms with E-state index in [0.717, 1.165) is 0 Å². The molecule has 0 heterocycles. The molecule has 0 spiro atoms. The molecule has 4 heavy (non-hydrogen) atoms. The Morgan fingerprint density at radius 1 is 1.00 bits per heavy atom. The van der Waals surface area contributed by atoms with Crippen molar-refractivity contribution in [2.24, 2.45) is 0 Å². The summed E-state index contributed by atoms with van der Waals surface area (Å²) in [6.45, 7) is 0. The van der Waals surface area contributed by atoms with Crippen molar-refractivity contribution in [1.82, 2.24) is 0 Å². The van der Waals surface area contributed by atoms with Gasteiger partial charge in [-0.05, 0) is 0 Å². The second kappa shape index (κ2) is 22.1. The molecule has 0 unspecified atom stereocenters. The Morgan fingerprint density at radius 3 is 1.00 bits per heavy atom. The van der Waals surface area contributed by atoms with Gasteiger partial charge in [-0.15, -0.1) is 0 Å². The minimum Gasteiger partial charge on any atom is 0 e. The molecule has 0 amide bonds. The van der Waals surface area contributed by atoms with Crippen molar-refractivity contribution < 1.29 is 20.4 Å². The van der Waals surface area contributed by atoms with E-state index in [1.165, 1.54) is 0 Å². The maximum atomic E-state index is 0. The van der Waals surface area contributed by atoms with E-state index in [0.29, 0.717) is 0 Å². The van der Waals surface area contributed by atoms with E-state index in [1.807, 2.05) is 0 Å². The monoisotopic (exact) mass is 223 g/mol. The third-order valence-electron chi connectivity index (χ3n) is 0. The first kappa shape index (κ1) is 43.2.